The minimum atomic E-state index is -2.69. The molecule has 3 aromatic rings. The van der Waals surface area contributed by atoms with E-state index in [4.69, 9.17) is 4.74 Å². The number of nitrogens with zero attached hydrogens (tertiary/aromatic N) is 4. The standard InChI is InChI=1S/C34H43FN4O5S/c1-25-20-36(21-26(2)38(25)23-27-7-5-4-6-8-27)22-28-9-13-31(14-10-28)39(34(41)37-15-17-45(42,43)18-16-37)24-30-12-11-29(19-32(30)35)33(40)44-3/h4-14,19,25-26,42-43H,15-18,20-24H2,1-3H3/t25-,26+. The Morgan fingerprint density at radius 1 is 0.911 bits per heavy atom. The quantitative estimate of drug-likeness (QED) is 0.297. The molecule has 11 heteroatoms. The molecule has 2 fully saturated rings. The molecule has 0 aliphatic carbocycles. The zero-order valence-corrected chi connectivity index (χ0v) is 27.0. The van der Waals surface area contributed by atoms with E-state index in [2.05, 4.69) is 47.9 Å². The largest absolute Gasteiger partial charge is 0.465 e. The molecule has 0 aromatic heterocycles. The van der Waals surface area contributed by atoms with Crippen molar-refractivity contribution in [1.29, 1.82) is 0 Å². The molecular weight excluding hydrogens is 595 g/mol. The lowest BCUT2D eigenvalue weighted by Gasteiger charge is -2.44. The first-order valence-corrected chi connectivity index (χ1v) is 17.2. The van der Waals surface area contributed by atoms with Crippen molar-refractivity contribution < 1.29 is 27.8 Å². The van der Waals surface area contributed by atoms with Gasteiger partial charge in [0.15, 0.2) is 0 Å². The average molecular weight is 639 g/mol. The number of amides is 2. The minimum Gasteiger partial charge on any atom is -0.465 e. The molecule has 2 N–H and O–H groups in total. The van der Waals surface area contributed by atoms with E-state index in [9.17, 15) is 18.7 Å². The number of hydrogen-bond acceptors (Lipinski definition) is 7. The van der Waals surface area contributed by atoms with Crippen LogP contribution >= 0.6 is 10.6 Å². The molecule has 0 bridgehead atoms. The van der Waals surface area contributed by atoms with Gasteiger partial charge in [-0.15, -0.1) is 0 Å². The molecule has 2 heterocycles. The lowest BCUT2D eigenvalue weighted by Crippen LogP contribution is -2.55. The van der Waals surface area contributed by atoms with Gasteiger partial charge in [-0.3, -0.25) is 23.8 Å². The lowest BCUT2D eigenvalue weighted by molar-refractivity contribution is 0.0290. The number of benzene rings is 3. The van der Waals surface area contributed by atoms with Crippen LogP contribution in [0.5, 0.6) is 0 Å². The number of ether oxygens (including phenoxy) is 1. The Kier molecular flexibility index (Phi) is 10.5. The Hall–Kier alpha value is -3.48. The molecule has 2 aliphatic rings. The number of anilines is 1. The fourth-order valence-electron chi connectivity index (χ4n) is 6.19. The highest BCUT2D eigenvalue weighted by atomic mass is 32.3. The summed E-state index contributed by atoms with van der Waals surface area (Å²) in [7, 11) is -1.46. The third-order valence-corrected chi connectivity index (χ3v) is 10.4. The number of methoxy groups -OCH3 is 1. The molecule has 3 aromatic carbocycles. The Balaban J connectivity index is 1.30. The first-order chi connectivity index (χ1) is 21.5. The number of carbonyl (C=O) groups is 2. The highest BCUT2D eigenvalue weighted by molar-refractivity contribution is 8.24. The van der Waals surface area contributed by atoms with Crippen LogP contribution in [0.15, 0.2) is 72.8 Å². The average Bonchev–Trinajstić information content (AvgIpc) is 3.02. The lowest BCUT2D eigenvalue weighted by atomic mass is 10.0. The maximum atomic E-state index is 15.1. The summed E-state index contributed by atoms with van der Waals surface area (Å²) in [6, 6.07) is 22.8. The summed E-state index contributed by atoms with van der Waals surface area (Å²) in [5.74, 6) is -1.03. The number of piperazine rings is 1. The highest BCUT2D eigenvalue weighted by Crippen LogP contribution is 2.40. The molecule has 2 saturated heterocycles. The van der Waals surface area contributed by atoms with Crippen molar-refractivity contribution in [1.82, 2.24) is 14.7 Å². The summed E-state index contributed by atoms with van der Waals surface area (Å²) >= 11 is 0. The van der Waals surface area contributed by atoms with E-state index in [1.54, 1.807) is 4.90 Å². The first-order valence-electron chi connectivity index (χ1n) is 15.3. The van der Waals surface area contributed by atoms with Gasteiger partial charge in [0.2, 0.25) is 0 Å². The molecule has 45 heavy (non-hydrogen) atoms. The van der Waals surface area contributed by atoms with Gasteiger partial charge in [-0.2, -0.15) is 10.6 Å². The van der Waals surface area contributed by atoms with E-state index in [0.29, 0.717) is 17.8 Å². The van der Waals surface area contributed by atoms with E-state index >= 15 is 4.39 Å². The molecule has 242 valence electrons. The van der Waals surface area contributed by atoms with Crippen molar-refractivity contribution in [3.05, 3.63) is 101 Å². The summed E-state index contributed by atoms with van der Waals surface area (Å²) in [6.45, 7) is 8.47. The number of carbonyl (C=O) groups excluding carboxylic acids is 2. The summed E-state index contributed by atoms with van der Waals surface area (Å²) < 4.78 is 40.0. The van der Waals surface area contributed by atoms with Crippen molar-refractivity contribution >= 4 is 28.3 Å². The number of hydrogen-bond donors (Lipinski definition) is 2. The molecule has 2 aliphatic heterocycles. The van der Waals surface area contributed by atoms with Crippen LogP contribution in [0.25, 0.3) is 0 Å². The van der Waals surface area contributed by atoms with Crippen LogP contribution in [-0.4, -0.2) is 92.7 Å². The van der Waals surface area contributed by atoms with Crippen LogP contribution in [0.3, 0.4) is 0 Å². The summed E-state index contributed by atoms with van der Waals surface area (Å²) in [6.07, 6.45) is 0. The van der Waals surface area contributed by atoms with Crippen LogP contribution < -0.4 is 4.90 Å². The number of urea groups is 1. The van der Waals surface area contributed by atoms with Crippen LogP contribution in [0.4, 0.5) is 14.9 Å². The minimum absolute atomic E-state index is 0.0589. The maximum Gasteiger partial charge on any atom is 0.337 e. The Morgan fingerprint density at radius 2 is 1.53 bits per heavy atom. The van der Waals surface area contributed by atoms with Gasteiger partial charge in [-0.05, 0) is 49.2 Å². The van der Waals surface area contributed by atoms with E-state index in [1.165, 1.54) is 29.7 Å². The monoisotopic (exact) mass is 638 g/mol. The van der Waals surface area contributed by atoms with E-state index in [-0.39, 0.29) is 48.3 Å². The van der Waals surface area contributed by atoms with Gasteiger partial charge < -0.3 is 9.64 Å². The molecule has 2 amide bonds. The second kappa shape index (κ2) is 14.3. The molecule has 9 nitrogen and oxygen atoms in total. The number of rotatable bonds is 8. The maximum absolute atomic E-state index is 15.1. The predicted molar refractivity (Wildman–Crippen MR) is 176 cm³/mol. The Labute approximate surface area is 266 Å². The smallest absolute Gasteiger partial charge is 0.337 e. The van der Waals surface area contributed by atoms with Gasteiger partial charge in [0, 0.05) is 62.6 Å². The first kappa shape index (κ1) is 32.9. The summed E-state index contributed by atoms with van der Waals surface area (Å²) in [4.78, 5) is 33.7. The van der Waals surface area contributed by atoms with Gasteiger partial charge in [-0.25, -0.2) is 14.0 Å². The van der Waals surface area contributed by atoms with Crippen molar-refractivity contribution in [2.75, 3.05) is 49.7 Å². The molecule has 0 saturated carbocycles. The van der Waals surface area contributed by atoms with E-state index in [1.807, 2.05) is 30.3 Å². The SMILES string of the molecule is COC(=O)c1ccc(CN(C(=O)N2CCS(O)(O)CC2)c2ccc(CN3C[C@@H](C)N(Cc4ccccc4)[C@@H](C)C3)cc2)c(F)c1. The van der Waals surface area contributed by atoms with Gasteiger partial charge in [0.25, 0.3) is 0 Å². The number of halogens is 1. The molecule has 5 rings (SSSR count). The topological polar surface area (TPSA) is 96.8 Å². The fraction of sp³-hybridized carbons (Fsp3) is 0.412. The Morgan fingerprint density at radius 3 is 2.13 bits per heavy atom. The molecule has 0 spiro atoms. The zero-order valence-electron chi connectivity index (χ0n) is 26.1. The molecule has 0 unspecified atom stereocenters. The molecular formula is C34H43FN4O5S. The van der Waals surface area contributed by atoms with Crippen molar-refractivity contribution in [2.45, 2.75) is 45.6 Å². The van der Waals surface area contributed by atoms with Crippen LogP contribution in [0.1, 0.15) is 40.9 Å². The fourth-order valence-corrected chi connectivity index (χ4v) is 7.42. The van der Waals surface area contributed by atoms with E-state index in [0.717, 1.165) is 37.8 Å². The van der Waals surface area contributed by atoms with Crippen molar-refractivity contribution in [3.63, 3.8) is 0 Å². The van der Waals surface area contributed by atoms with Crippen LogP contribution in [-0.2, 0) is 24.4 Å². The number of esters is 1. The summed E-state index contributed by atoms with van der Waals surface area (Å²) in [5, 5.41) is 0. The van der Waals surface area contributed by atoms with Crippen LogP contribution in [0, 0.1) is 5.82 Å². The van der Waals surface area contributed by atoms with E-state index < -0.39 is 22.4 Å². The third-order valence-electron chi connectivity index (χ3n) is 8.72. The molecule has 2 atom stereocenters. The van der Waals surface area contributed by atoms with Gasteiger partial charge in [0.1, 0.15) is 5.82 Å². The van der Waals surface area contributed by atoms with Gasteiger partial charge in [0.05, 0.1) is 30.7 Å². The normalized spacial score (nSPS) is 21.2. The zero-order chi connectivity index (χ0) is 32.1. The van der Waals surface area contributed by atoms with Gasteiger partial charge in [-0.1, -0.05) is 48.5 Å². The molecule has 0 radical (unpaired) electrons. The Bertz CT molecular complexity index is 1450. The van der Waals surface area contributed by atoms with Crippen molar-refractivity contribution in [3.8, 4) is 0 Å². The predicted octanol–water partition coefficient (Wildman–Crippen LogP) is 5.90. The third kappa shape index (κ3) is 8.22. The second-order valence-corrected chi connectivity index (χ2v) is 14.5. The highest BCUT2D eigenvalue weighted by Gasteiger charge is 2.31. The summed E-state index contributed by atoms with van der Waals surface area (Å²) in [5.41, 5.74) is 3.37. The van der Waals surface area contributed by atoms with Gasteiger partial charge >= 0.3 is 12.0 Å². The van der Waals surface area contributed by atoms with Crippen molar-refractivity contribution in [2.24, 2.45) is 0 Å². The second-order valence-electron chi connectivity index (χ2n) is 12.1. The van der Waals surface area contributed by atoms with Crippen LogP contribution in [0.2, 0.25) is 0 Å².